The molecule has 1 unspecified atom stereocenters. The maximum absolute atomic E-state index is 10.9. The van der Waals surface area contributed by atoms with Gasteiger partial charge in [0.25, 0.3) is 5.69 Å². The zero-order chi connectivity index (χ0) is 18.8. The van der Waals surface area contributed by atoms with Crippen LogP contribution in [0.15, 0.2) is 54.6 Å². The number of nitro groups is 1. The molecule has 3 aromatic rings. The molecule has 2 aromatic carbocycles. The molecule has 0 saturated heterocycles. The molecule has 1 N–H and O–H groups in total. The Labute approximate surface area is 156 Å². The second kappa shape index (κ2) is 7.03. The Balaban J connectivity index is 1.55. The summed E-state index contributed by atoms with van der Waals surface area (Å²) in [7, 11) is 0. The van der Waals surface area contributed by atoms with E-state index >= 15 is 0 Å². The van der Waals surface area contributed by atoms with Crippen molar-refractivity contribution in [3.05, 3.63) is 75.8 Å². The van der Waals surface area contributed by atoms with Crippen molar-refractivity contribution in [3.8, 4) is 17.0 Å². The summed E-state index contributed by atoms with van der Waals surface area (Å²) in [5.41, 5.74) is 3.58. The maximum atomic E-state index is 10.9. The highest BCUT2D eigenvalue weighted by molar-refractivity contribution is 5.63. The van der Waals surface area contributed by atoms with Gasteiger partial charge in [-0.1, -0.05) is 29.8 Å². The van der Waals surface area contributed by atoms with Crippen LogP contribution in [0.3, 0.4) is 0 Å². The van der Waals surface area contributed by atoms with E-state index in [1.54, 1.807) is 12.1 Å². The van der Waals surface area contributed by atoms with Gasteiger partial charge in [-0.3, -0.25) is 10.1 Å². The summed E-state index contributed by atoms with van der Waals surface area (Å²) in [5.74, 6) is 1.55. The number of fused-ring (bicyclic) bond motifs is 1. The maximum Gasteiger partial charge on any atom is 0.270 e. The Morgan fingerprint density at radius 1 is 1.15 bits per heavy atom. The van der Waals surface area contributed by atoms with Crippen LogP contribution in [0.5, 0.6) is 5.75 Å². The van der Waals surface area contributed by atoms with Gasteiger partial charge >= 0.3 is 0 Å². The molecule has 27 heavy (non-hydrogen) atoms. The first-order chi connectivity index (χ1) is 13.1. The van der Waals surface area contributed by atoms with Crippen molar-refractivity contribution in [3.63, 3.8) is 0 Å². The average molecular weight is 362 g/mol. The quantitative estimate of drug-likeness (QED) is 0.550. The molecular weight excluding hydrogens is 344 g/mol. The highest BCUT2D eigenvalue weighted by Gasteiger charge is 2.22. The number of aryl methyl sites for hydroxylation is 1. The fraction of sp³-hybridized carbons (Fsp3) is 0.200. The van der Waals surface area contributed by atoms with Crippen LogP contribution < -0.4 is 10.1 Å². The third-order valence-corrected chi connectivity index (χ3v) is 4.54. The number of nitro benzene ring substituents is 1. The summed E-state index contributed by atoms with van der Waals surface area (Å²) in [6, 6.07) is 16.3. The number of benzene rings is 2. The molecule has 7 nitrogen and oxygen atoms in total. The first kappa shape index (κ1) is 17.0. The van der Waals surface area contributed by atoms with Gasteiger partial charge in [-0.05, 0) is 25.1 Å². The van der Waals surface area contributed by atoms with E-state index in [1.807, 2.05) is 24.3 Å². The highest BCUT2D eigenvalue weighted by atomic mass is 16.6. The zero-order valence-electron chi connectivity index (χ0n) is 14.8. The molecule has 1 aliphatic rings. The monoisotopic (exact) mass is 362 g/mol. The Hall–Kier alpha value is -3.48. The van der Waals surface area contributed by atoms with E-state index in [4.69, 9.17) is 4.74 Å². The van der Waals surface area contributed by atoms with E-state index in [2.05, 4.69) is 28.5 Å². The molecule has 7 heteroatoms. The molecule has 0 radical (unpaired) electrons. The van der Waals surface area contributed by atoms with E-state index in [-0.39, 0.29) is 11.7 Å². The summed E-state index contributed by atoms with van der Waals surface area (Å²) in [5, 5.41) is 22.8. The summed E-state index contributed by atoms with van der Waals surface area (Å²) in [6.45, 7) is 2.70. The molecule has 1 aromatic heterocycles. The fourth-order valence-electron chi connectivity index (χ4n) is 3.18. The molecule has 0 amide bonds. The lowest BCUT2D eigenvalue weighted by molar-refractivity contribution is -0.384. The van der Waals surface area contributed by atoms with Crippen LogP contribution in [-0.2, 0) is 0 Å². The SMILES string of the molecule is Cc1ccc2c(c1)C(Nc1ccc(-c3cccc([N+](=O)[O-])c3)nn1)CCO2. The van der Waals surface area contributed by atoms with E-state index in [0.29, 0.717) is 23.7 Å². The summed E-state index contributed by atoms with van der Waals surface area (Å²) in [6.07, 6.45) is 0.838. The second-order valence-corrected chi connectivity index (χ2v) is 6.49. The van der Waals surface area contributed by atoms with Crippen molar-refractivity contribution in [2.45, 2.75) is 19.4 Å². The number of hydrogen-bond donors (Lipinski definition) is 1. The largest absolute Gasteiger partial charge is 0.493 e. The van der Waals surface area contributed by atoms with Gasteiger partial charge in [-0.25, -0.2) is 0 Å². The van der Waals surface area contributed by atoms with Crippen LogP contribution in [0.2, 0.25) is 0 Å². The van der Waals surface area contributed by atoms with E-state index < -0.39 is 4.92 Å². The molecule has 0 fully saturated rings. The summed E-state index contributed by atoms with van der Waals surface area (Å²) < 4.78 is 5.72. The number of non-ortho nitro benzene ring substituents is 1. The van der Waals surface area contributed by atoms with Gasteiger partial charge in [0.05, 0.1) is 23.3 Å². The lowest BCUT2D eigenvalue weighted by Crippen LogP contribution is -2.21. The minimum absolute atomic E-state index is 0.0330. The lowest BCUT2D eigenvalue weighted by Gasteiger charge is -2.27. The smallest absolute Gasteiger partial charge is 0.270 e. The molecule has 0 saturated carbocycles. The normalized spacial score (nSPS) is 15.5. The molecule has 0 bridgehead atoms. The van der Waals surface area contributed by atoms with Crippen LogP contribution in [0.4, 0.5) is 11.5 Å². The average Bonchev–Trinajstić information content (AvgIpc) is 2.69. The Morgan fingerprint density at radius 3 is 2.81 bits per heavy atom. The number of hydrogen-bond acceptors (Lipinski definition) is 6. The molecule has 1 atom stereocenters. The van der Waals surface area contributed by atoms with Crippen molar-refractivity contribution < 1.29 is 9.66 Å². The molecule has 1 aliphatic heterocycles. The Morgan fingerprint density at radius 2 is 2.04 bits per heavy atom. The third kappa shape index (κ3) is 3.57. The van der Waals surface area contributed by atoms with Gasteiger partial charge in [0.2, 0.25) is 0 Å². The third-order valence-electron chi connectivity index (χ3n) is 4.54. The predicted octanol–water partition coefficient (Wildman–Crippen LogP) is 4.30. The van der Waals surface area contributed by atoms with Crippen molar-refractivity contribution in [1.29, 1.82) is 0 Å². The Bertz CT molecular complexity index is 989. The Kier molecular flexibility index (Phi) is 4.42. The molecule has 0 spiro atoms. The number of ether oxygens (including phenoxy) is 1. The second-order valence-electron chi connectivity index (χ2n) is 6.49. The van der Waals surface area contributed by atoms with Crippen LogP contribution >= 0.6 is 0 Å². The van der Waals surface area contributed by atoms with E-state index in [1.165, 1.54) is 17.7 Å². The molecule has 0 aliphatic carbocycles. The molecular formula is C20H18N4O3. The highest BCUT2D eigenvalue weighted by Crippen LogP contribution is 2.34. The number of nitrogens with zero attached hydrogens (tertiary/aromatic N) is 3. The molecule has 2 heterocycles. The predicted molar refractivity (Wildman–Crippen MR) is 102 cm³/mol. The van der Waals surface area contributed by atoms with Crippen molar-refractivity contribution in [1.82, 2.24) is 10.2 Å². The summed E-state index contributed by atoms with van der Waals surface area (Å²) >= 11 is 0. The standard InChI is InChI=1S/C20H18N4O3/c1-13-5-7-19-16(11-13)18(9-10-27-19)21-20-8-6-17(22-23-20)14-3-2-4-15(12-14)24(25)26/h2-8,11-12,18H,9-10H2,1H3,(H,21,23). The van der Waals surface area contributed by atoms with E-state index in [9.17, 15) is 10.1 Å². The van der Waals surface area contributed by atoms with Gasteiger partial charge in [0.15, 0.2) is 0 Å². The zero-order valence-corrected chi connectivity index (χ0v) is 14.8. The molecule has 136 valence electrons. The van der Waals surface area contributed by atoms with Crippen molar-refractivity contribution in [2.24, 2.45) is 0 Å². The fourth-order valence-corrected chi connectivity index (χ4v) is 3.18. The van der Waals surface area contributed by atoms with Crippen LogP contribution in [-0.4, -0.2) is 21.7 Å². The minimum atomic E-state index is -0.419. The van der Waals surface area contributed by atoms with Crippen molar-refractivity contribution >= 4 is 11.5 Å². The van der Waals surface area contributed by atoms with Gasteiger partial charge in [0.1, 0.15) is 11.6 Å². The van der Waals surface area contributed by atoms with Gasteiger partial charge in [0, 0.05) is 29.7 Å². The lowest BCUT2D eigenvalue weighted by atomic mass is 9.98. The molecule has 4 rings (SSSR count). The first-order valence-corrected chi connectivity index (χ1v) is 8.68. The van der Waals surface area contributed by atoms with Crippen LogP contribution in [0.25, 0.3) is 11.3 Å². The number of rotatable bonds is 4. The minimum Gasteiger partial charge on any atom is -0.493 e. The van der Waals surface area contributed by atoms with Crippen LogP contribution in [0, 0.1) is 17.0 Å². The van der Waals surface area contributed by atoms with Gasteiger partial charge in [-0.2, -0.15) is 0 Å². The van der Waals surface area contributed by atoms with Crippen LogP contribution in [0.1, 0.15) is 23.6 Å². The topological polar surface area (TPSA) is 90.2 Å². The van der Waals surface area contributed by atoms with Gasteiger partial charge < -0.3 is 10.1 Å². The summed E-state index contributed by atoms with van der Waals surface area (Å²) in [4.78, 5) is 10.5. The number of aromatic nitrogens is 2. The van der Waals surface area contributed by atoms with Gasteiger partial charge in [-0.15, -0.1) is 10.2 Å². The number of nitrogens with one attached hydrogen (secondary N) is 1. The number of anilines is 1. The van der Waals surface area contributed by atoms with E-state index in [0.717, 1.165) is 17.7 Å². The van der Waals surface area contributed by atoms with Crippen molar-refractivity contribution in [2.75, 3.05) is 11.9 Å². The first-order valence-electron chi connectivity index (χ1n) is 8.68.